The van der Waals surface area contributed by atoms with Crippen molar-refractivity contribution in [1.82, 2.24) is 19.7 Å². The van der Waals surface area contributed by atoms with Crippen LogP contribution >= 0.6 is 0 Å². The number of fused-ring (bicyclic) bond motifs is 5. The van der Waals surface area contributed by atoms with E-state index >= 15 is 0 Å². The summed E-state index contributed by atoms with van der Waals surface area (Å²) in [7, 11) is 1.35. The molecule has 14 heteroatoms. The van der Waals surface area contributed by atoms with Crippen LogP contribution in [0.15, 0.2) is 35.1 Å². The number of hydrogen-bond acceptors (Lipinski definition) is 9. The van der Waals surface area contributed by atoms with Gasteiger partial charge in [0.05, 0.1) is 29.7 Å². The van der Waals surface area contributed by atoms with Gasteiger partial charge < -0.3 is 25.2 Å². The van der Waals surface area contributed by atoms with Gasteiger partial charge in [-0.3, -0.25) is 4.57 Å². The summed E-state index contributed by atoms with van der Waals surface area (Å²) in [6.45, 7) is 0. The minimum Gasteiger partial charge on any atom is -0.475 e. The Kier molecular flexibility index (Phi) is 6.50. The van der Waals surface area contributed by atoms with Crippen molar-refractivity contribution in [3.05, 3.63) is 53.2 Å². The van der Waals surface area contributed by atoms with Gasteiger partial charge in [0.15, 0.2) is 5.65 Å². The Labute approximate surface area is 218 Å². The standard InChI is InChI=1S/C23H21N5O4.C2HF3O2/c1-31-23(30)12-4-6-13(7-5-12)28-14-8-9-15(29)17-19(27-32-20(17)11-2-3-11)16(14)18-21(24)25-10-26-22(18)28;3-2(4,5)1(6)7/h4-7,10-11,15,29H,2-3,8-9H2,1H3,(H2,24,25,26);(H,6,7). The molecule has 0 radical (unpaired) electrons. The normalized spacial score (nSPS) is 16.5. The molecule has 0 spiro atoms. The Balaban J connectivity index is 0.000000392. The molecule has 1 unspecified atom stereocenters. The van der Waals surface area contributed by atoms with E-state index in [1.54, 1.807) is 12.1 Å². The number of anilines is 1. The van der Waals surface area contributed by atoms with E-state index in [9.17, 15) is 23.1 Å². The zero-order chi connectivity index (χ0) is 28.1. The molecule has 4 N–H and O–H groups in total. The van der Waals surface area contributed by atoms with Crippen molar-refractivity contribution in [3.8, 4) is 16.9 Å². The van der Waals surface area contributed by atoms with Crippen LogP contribution in [0.3, 0.4) is 0 Å². The van der Waals surface area contributed by atoms with Crippen molar-refractivity contribution < 1.29 is 42.2 Å². The van der Waals surface area contributed by atoms with Gasteiger partial charge in [-0.1, -0.05) is 5.16 Å². The number of carboxylic acid groups (broad SMARTS) is 1. The summed E-state index contributed by atoms with van der Waals surface area (Å²) < 4.78 is 44.3. The van der Waals surface area contributed by atoms with Gasteiger partial charge >= 0.3 is 18.1 Å². The number of aliphatic carboxylic acids is 1. The highest BCUT2D eigenvalue weighted by Gasteiger charge is 2.39. The van der Waals surface area contributed by atoms with Crippen LogP contribution in [0.4, 0.5) is 19.0 Å². The molecule has 6 rings (SSSR count). The number of hydrogen-bond donors (Lipinski definition) is 3. The first-order chi connectivity index (χ1) is 18.5. The molecule has 3 aromatic heterocycles. The molecule has 2 aliphatic rings. The van der Waals surface area contributed by atoms with Gasteiger partial charge in [-0.25, -0.2) is 19.6 Å². The summed E-state index contributed by atoms with van der Waals surface area (Å²) in [4.78, 5) is 29.5. The van der Waals surface area contributed by atoms with Gasteiger partial charge in [-0.05, 0) is 49.9 Å². The summed E-state index contributed by atoms with van der Waals surface area (Å²) in [5.74, 6) is -1.72. The number of nitrogens with two attached hydrogens (primary N) is 1. The molecule has 1 aromatic carbocycles. The molecule has 39 heavy (non-hydrogen) atoms. The number of aliphatic hydroxyl groups excluding tert-OH is 1. The highest BCUT2D eigenvalue weighted by molar-refractivity contribution is 6.03. The van der Waals surface area contributed by atoms with Crippen molar-refractivity contribution in [3.63, 3.8) is 0 Å². The van der Waals surface area contributed by atoms with E-state index in [2.05, 4.69) is 15.1 Å². The quantitative estimate of drug-likeness (QED) is 0.321. The lowest BCUT2D eigenvalue weighted by Gasteiger charge is -2.12. The number of esters is 1. The lowest BCUT2D eigenvalue weighted by atomic mass is 10.0. The minimum absolute atomic E-state index is 0.315. The van der Waals surface area contributed by atoms with Crippen molar-refractivity contribution in [2.45, 2.75) is 43.9 Å². The van der Waals surface area contributed by atoms with Gasteiger partial charge in [0.25, 0.3) is 0 Å². The van der Waals surface area contributed by atoms with E-state index in [1.165, 1.54) is 13.4 Å². The van der Waals surface area contributed by atoms with Crippen LogP contribution in [0.2, 0.25) is 0 Å². The highest BCUT2D eigenvalue weighted by Crippen LogP contribution is 2.50. The van der Waals surface area contributed by atoms with Gasteiger partial charge in [-0.15, -0.1) is 0 Å². The number of aliphatic hydroxyl groups is 1. The van der Waals surface area contributed by atoms with E-state index < -0.39 is 24.2 Å². The number of alkyl halides is 3. The molecule has 4 aromatic rings. The smallest absolute Gasteiger partial charge is 0.475 e. The fourth-order valence-corrected chi connectivity index (χ4v) is 4.69. The molecule has 2 aliphatic carbocycles. The second-order valence-electron chi connectivity index (χ2n) is 9.09. The van der Waals surface area contributed by atoms with Crippen molar-refractivity contribution in [2.24, 2.45) is 0 Å². The Bertz CT molecular complexity index is 1570. The third-order valence-electron chi connectivity index (χ3n) is 6.59. The van der Waals surface area contributed by atoms with Crippen LogP contribution in [0, 0.1) is 0 Å². The average Bonchev–Trinajstić information content (AvgIpc) is 3.59. The summed E-state index contributed by atoms with van der Waals surface area (Å²) in [5.41, 5.74) is 11.3. The number of carboxylic acids is 1. The summed E-state index contributed by atoms with van der Waals surface area (Å²) >= 11 is 0. The Morgan fingerprint density at radius 3 is 2.41 bits per heavy atom. The first-order valence-corrected chi connectivity index (χ1v) is 11.8. The molecule has 11 nitrogen and oxygen atoms in total. The van der Waals surface area contributed by atoms with Crippen LogP contribution < -0.4 is 5.73 Å². The second-order valence-corrected chi connectivity index (χ2v) is 9.09. The van der Waals surface area contributed by atoms with Crippen LogP contribution in [-0.4, -0.2) is 55.1 Å². The number of methoxy groups -OCH3 is 1. The molecule has 0 saturated heterocycles. The largest absolute Gasteiger partial charge is 0.490 e. The summed E-state index contributed by atoms with van der Waals surface area (Å²) in [6.07, 6.45) is -1.13. The van der Waals surface area contributed by atoms with Crippen molar-refractivity contribution >= 4 is 28.8 Å². The summed E-state index contributed by atoms with van der Waals surface area (Å²) in [5, 5.41) is 23.2. The highest BCUT2D eigenvalue weighted by atomic mass is 19.4. The lowest BCUT2D eigenvalue weighted by molar-refractivity contribution is -0.192. The zero-order valence-corrected chi connectivity index (χ0v) is 20.4. The number of rotatable bonds is 3. The number of carbonyl (C=O) groups is 2. The number of ether oxygens (including phenoxy) is 1. The number of halogens is 3. The maximum absolute atomic E-state index is 11.9. The lowest BCUT2D eigenvalue weighted by Crippen LogP contribution is -2.21. The first kappa shape index (κ1) is 26.2. The molecule has 0 amide bonds. The van der Waals surface area contributed by atoms with E-state index in [4.69, 9.17) is 24.9 Å². The van der Waals surface area contributed by atoms with Crippen LogP contribution in [0.5, 0.6) is 0 Å². The fraction of sp³-hybridized carbons (Fsp3) is 0.320. The predicted molar refractivity (Wildman–Crippen MR) is 129 cm³/mol. The third-order valence-corrected chi connectivity index (χ3v) is 6.59. The first-order valence-electron chi connectivity index (χ1n) is 11.8. The van der Waals surface area contributed by atoms with E-state index in [0.717, 1.165) is 41.1 Å². The topological polar surface area (TPSA) is 167 Å². The maximum atomic E-state index is 11.9. The Morgan fingerprint density at radius 2 is 1.82 bits per heavy atom. The van der Waals surface area contributed by atoms with E-state index in [0.29, 0.717) is 46.9 Å². The van der Waals surface area contributed by atoms with Gasteiger partial charge in [0.2, 0.25) is 0 Å². The van der Waals surface area contributed by atoms with Crippen LogP contribution in [0.25, 0.3) is 28.0 Å². The fourth-order valence-electron chi connectivity index (χ4n) is 4.69. The number of carbonyl (C=O) groups excluding carboxylic acids is 1. The Hall–Kier alpha value is -4.46. The monoisotopic (exact) mass is 545 g/mol. The molecule has 204 valence electrons. The SMILES string of the molecule is COC(=O)c1ccc(-n2c3c(c4c(N)ncnc42)-c2noc(C4CC4)c2C(O)CC3)cc1.O=C(O)C(F)(F)F. The molecule has 1 atom stereocenters. The molecule has 3 heterocycles. The van der Waals surface area contributed by atoms with E-state index in [-0.39, 0.29) is 0 Å². The van der Waals surface area contributed by atoms with Crippen molar-refractivity contribution in [1.29, 1.82) is 0 Å². The van der Waals surface area contributed by atoms with Gasteiger partial charge in [-0.2, -0.15) is 13.2 Å². The number of nitrogens with zero attached hydrogens (tertiary/aromatic N) is 4. The maximum Gasteiger partial charge on any atom is 0.490 e. The van der Waals surface area contributed by atoms with Crippen molar-refractivity contribution in [2.75, 3.05) is 12.8 Å². The molecule has 1 fully saturated rings. The molecular weight excluding hydrogens is 523 g/mol. The second kappa shape index (κ2) is 9.69. The number of aromatic nitrogens is 4. The zero-order valence-electron chi connectivity index (χ0n) is 20.4. The molecular formula is C25H22F3N5O6. The minimum atomic E-state index is -5.08. The average molecular weight is 545 g/mol. The molecule has 0 aliphatic heterocycles. The molecule has 0 bridgehead atoms. The third kappa shape index (κ3) is 4.67. The van der Waals surface area contributed by atoms with Crippen LogP contribution in [-0.2, 0) is 16.0 Å². The molecule has 1 saturated carbocycles. The predicted octanol–water partition coefficient (Wildman–Crippen LogP) is 3.93. The summed E-state index contributed by atoms with van der Waals surface area (Å²) in [6, 6.07) is 7.10. The Morgan fingerprint density at radius 1 is 1.15 bits per heavy atom. The van der Waals surface area contributed by atoms with Gasteiger partial charge in [0.1, 0.15) is 23.6 Å². The number of benzene rings is 1. The van der Waals surface area contributed by atoms with Crippen LogP contribution in [0.1, 0.15) is 58.7 Å². The van der Waals surface area contributed by atoms with Gasteiger partial charge in [0, 0.05) is 22.9 Å². The number of nitrogen functional groups attached to an aromatic ring is 1. The van der Waals surface area contributed by atoms with E-state index in [1.807, 2.05) is 16.7 Å².